The van der Waals surface area contributed by atoms with E-state index in [1.54, 1.807) is 6.08 Å². The molecule has 1 saturated carbocycles. The smallest absolute Gasteiger partial charge is 0.329 e. The molecule has 0 radical (unpaired) electrons. The number of carboxylic acids is 1. The third kappa shape index (κ3) is 6.11. The number of carboxylic acid groups (broad SMARTS) is 1. The number of urea groups is 1. The van der Waals surface area contributed by atoms with E-state index >= 15 is 0 Å². The van der Waals surface area contributed by atoms with Crippen molar-refractivity contribution < 1.29 is 23.9 Å². The van der Waals surface area contributed by atoms with Gasteiger partial charge in [0.1, 0.15) is 11.4 Å². The summed E-state index contributed by atoms with van der Waals surface area (Å²) < 4.78 is 14.1. The van der Waals surface area contributed by atoms with Gasteiger partial charge in [-0.15, -0.1) is 6.58 Å². The van der Waals surface area contributed by atoms with E-state index in [-0.39, 0.29) is 17.2 Å². The van der Waals surface area contributed by atoms with Crippen molar-refractivity contribution in [3.8, 4) is 0 Å². The lowest BCUT2D eigenvalue weighted by molar-refractivity contribution is -0.146. The summed E-state index contributed by atoms with van der Waals surface area (Å²) in [6.45, 7) is 8.99. The molecule has 0 aromatic heterocycles. The molecule has 1 atom stereocenters. The lowest BCUT2D eigenvalue weighted by Crippen LogP contribution is -2.57. The van der Waals surface area contributed by atoms with E-state index < -0.39 is 29.3 Å². The molecule has 1 fully saturated rings. The lowest BCUT2D eigenvalue weighted by atomic mass is 9.75. The summed E-state index contributed by atoms with van der Waals surface area (Å²) in [5.74, 6) is -2.68. The Labute approximate surface area is 211 Å². The number of aryl methyl sites for hydroxylation is 2. The van der Waals surface area contributed by atoms with Gasteiger partial charge in [0.2, 0.25) is 0 Å². The SMILES string of the molecule is C=CCc1cc(C)c(NC(=O)Nc2cc(F)ccc2C(=O)N[C@](C)(C(=O)O)C2CCCCC2)c(C)c1. The number of hydrogen-bond donors (Lipinski definition) is 4. The number of amides is 3. The van der Waals surface area contributed by atoms with Crippen LogP contribution >= 0.6 is 0 Å². The van der Waals surface area contributed by atoms with E-state index in [1.165, 1.54) is 13.0 Å². The van der Waals surface area contributed by atoms with Crippen LogP contribution in [0, 0.1) is 25.6 Å². The monoisotopic (exact) mass is 495 g/mol. The number of carbonyl (C=O) groups excluding carboxylic acids is 2. The fourth-order valence-electron chi connectivity index (χ4n) is 4.93. The highest BCUT2D eigenvalue weighted by Gasteiger charge is 2.43. The molecule has 1 aliphatic carbocycles. The summed E-state index contributed by atoms with van der Waals surface area (Å²) in [4.78, 5) is 38.2. The maximum atomic E-state index is 14.1. The molecule has 7 nitrogen and oxygen atoms in total. The molecule has 0 spiro atoms. The minimum absolute atomic E-state index is 0.0235. The summed E-state index contributed by atoms with van der Waals surface area (Å²) in [5, 5.41) is 17.9. The first-order chi connectivity index (χ1) is 17.0. The number of aliphatic carboxylic acids is 1. The van der Waals surface area contributed by atoms with Crippen LogP contribution in [0.5, 0.6) is 0 Å². The topological polar surface area (TPSA) is 108 Å². The van der Waals surface area contributed by atoms with Crippen molar-refractivity contribution in [3.63, 3.8) is 0 Å². The van der Waals surface area contributed by atoms with Crippen LogP contribution in [0.1, 0.15) is 66.1 Å². The fraction of sp³-hybridized carbons (Fsp3) is 0.393. The van der Waals surface area contributed by atoms with Crippen molar-refractivity contribution in [1.82, 2.24) is 5.32 Å². The Kier molecular flexibility index (Phi) is 8.50. The van der Waals surface area contributed by atoms with Crippen LogP contribution in [0.15, 0.2) is 43.0 Å². The Morgan fingerprint density at radius 1 is 1.08 bits per heavy atom. The average molecular weight is 496 g/mol. The van der Waals surface area contributed by atoms with Gasteiger partial charge in [0.25, 0.3) is 5.91 Å². The van der Waals surface area contributed by atoms with Crippen LogP contribution in [0.2, 0.25) is 0 Å². The van der Waals surface area contributed by atoms with E-state index in [2.05, 4.69) is 22.5 Å². The molecule has 0 unspecified atom stereocenters. The van der Waals surface area contributed by atoms with Crippen molar-refractivity contribution in [2.75, 3.05) is 10.6 Å². The van der Waals surface area contributed by atoms with Gasteiger partial charge in [0.15, 0.2) is 0 Å². The molecular formula is C28H34FN3O4. The zero-order valence-corrected chi connectivity index (χ0v) is 21.0. The van der Waals surface area contributed by atoms with Crippen molar-refractivity contribution in [2.24, 2.45) is 5.92 Å². The van der Waals surface area contributed by atoms with Crippen LogP contribution in [0.25, 0.3) is 0 Å². The third-order valence-electron chi connectivity index (χ3n) is 6.92. The molecule has 36 heavy (non-hydrogen) atoms. The molecule has 0 heterocycles. The summed E-state index contributed by atoms with van der Waals surface area (Å²) in [5.41, 5.74) is 1.82. The molecule has 2 aromatic carbocycles. The highest BCUT2D eigenvalue weighted by atomic mass is 19.1. The largest absolute Gasteiger partial charge is 0.480 e. The second kappa shape index (κ2) is 11.4. The molecule has 0 bridgehead atoms. The zero-order valence-electron chi connectivity index (χ0n) is 21.0. The summed E-state index contributed by atoms with van der Waals surface area (Å²) in [7, 11) is 0. The zero-order chi connectivity index (χ0) is 26.5. The van der Waals surface area contributed by atoms with Gasteiger partial charge in [-0.2, -0.15) is 0 Å². The van der Waals surface area contributed by atoms with Crippen molar-refractivity contribution in [3.05, 3.63) is 71.1 Å². The minimum Gasteiger partial charge on any atom is -0.480 e. The summed E-state index contributed by atoms with van der Waals surface area (Å²) in [6, 6.07) is 6.63. The maximum absolute atomic E-state index is 14.1. The Bertz CT molecular complexity index is 1150. The maximum Gasteiger partial charge on any atom is 0.329 e. The number of rotatable bonds is 8. The number of hydrogen-bond acceptors (Lipinski definition) is 3. The molecular weight excluding hydrogens is 461 g/mol. The predicted octanol–water partition coefficient (Wildman–Crippen LogP) is 5.97. The minimum atomic E-state index is -1.48. The number of allylic oxidation sites excluding steroid dienone is 1. The quantitative estimate of drug-likeness (QED) is 0.339. The van der Waals surface area contributed by atoms with Gasteiger partial charge in [-0.3, -0.25) is 4.79 Å². The Morgan fingerprint density at radius 2 is 1.72 bits per heavy atom. The van der Waals surface area contributed by atoms with E-state index in [9.17, 15) is 23.9 Å². The normalized spacial score (nSPS) is 15.4. The van der Waals surface area contributed by atoms with Crippen LogP contribution in [0.3, 0.4) is 0 Å². The first kappa shape index (κ1) is 26.9. The highest BCUT2D eigenvalue weighted by molar-refractivity contribution is 6.08. The molecule has 192 valence electrons. The number of nitrogens with one attached hydrogen (secondary N) is 3. The van der Waals surface area contributed by atoms with Gasteiger partial charge in [0.05, 0.1) is 11.3 Å². The molecule has 0 aliphatic heterocycles. The average Bonchev–Trinajstić information content (AvgIpc) is 2.82. The number of carbonyl (C=O) groups is 3. The molecule has 8 heteroatoms. The van der Waals surface area contributed by atoms with E-state index in [1.807, 2.05) is 26.0 Å². The van der Waals surface area contributed by atoms with Gasteiger partial charge >= 0.3 is 12.0 Å². The van der Waals surface area contributed by atoms with E-state index in [0.717, 1.165) is 48.1 Å². The van der Waals surface area contributed by atoms with Crippen LogP contribution < -0.4 is 16.0 Å². The molecule has 3 amide bonds. The van der Waals surface area contributed by atoms with Gasteiger partial charge in [-0.05, 0) is 80.8 Å². The standard InChI is InChI=1S/C28H34FN3O4/c1-5-9-19-14-17(2)24(18(3)15-19)31-27(36)30-23-16-21(29)12-13-22(23)25(33)32-28(4,26(34)35)20-10-7-6-8-11-20/h5,12-16,20H,1,6-11H2,2-4H3,(H,32,33)(H,34,35)(H2,30,31,36)/t28-/m0/s1. The van der Waals surface area contributed by atoms with Gasteiger partial charge in [0, 0.05) is 5.69 Å². The van der Waals surface area contributed by atoms with Crippen LogP contribution in [-0.4, -0.2) is 28.6 Å². The van der Waals surface area contributed by atoms with E-state index in [0.29, 0.717) is 24.9 Å². The fourth-order valence-corrected chi connectivity index (χ4v) is 4.93. The molecule has 0 saturated heterocycles. The van der Waals surface area contributed by atoms with Gasteiger partial charge in [-0.25, -0.2) is 14.0 Å². The molecule has 3 rings (SSSR count). The van der Waals surface area contributed by atoms with Gasteiger partial charge in [-0.1, -0.05) is 37.5 Å². The Morgan fingerprint density at radius 3 is 2.31 bits per heavy atom. The van der Waals surface area contributed by atoms with E-state index in [4.69, 9.17) is 0 Å². The molecule has 4 N–H and O–H groups in total. The second-order valence-corrected chi connectivity index (χ2v) is 9.66. The number of halogens is 1. The van der Waals surface area contributed by atoms with Gasteiger partial charge < -0.3 is 21.1 Å². The second-order valence-electron chi connectivity index (χ2n) is 9.66. The van der Waals surface area contributed by atoms with Crippen LogP contribution in [-0.2, 0) is 11.2 Å². The van der Waals surface area contributed by atoms with Crippen molar-refractivity contribution in [1.29, 1.82) is 0 Å². The third-order valence-corrected chi connectivity index (χ3v) is 6.92. The van der Waals surface area contributed by atoms with Crippen molar-refractivity contribution in [2.45, 2.75) is 64.8 Å². The van der Waals surface area contributed by atoms with Crippen molar-refractivity contribution >= 4 is 29.3 Å². The summed E-state index contributed by atoms with van der Waals surface area (Å²) in [6.07, 6.45) is 6.74. The molecule has 1 aliphatic rings. The first-order valence-corrected chi connectivity index (χ1v) is 12.2. The molecule has 2 aromatic rings. The number of anilines is 2. The Hall–Kier alpha value is -3.68. The highest BCUT2D eigenvalue weighted by Crippen LogP contribution is 2.33. The predicted molar refractivity (Wildman–Crippen MR) is 139 cm³/mol. The number of benzene rings is 2. The summed E-state index contributed by atoms with van der Waals surface area (Å²) >= 11 is 0. The first-order valence-electron chi connectivity index (χ1n) is 12.2. The Balaban J connectivity index is 1.82. The van der Waals surface area contributed by atoms with Crippen LogP contribution in [0.4, 0.5) is 20.6 Å². The lowest BCUT2D eigenvalue weighted by Gasteiger charge is -2.37.